The number of aromatic amines is 1. The molecule has 1 amide bonds. The number of fused-ring (bicyclic) bond motifs is 4. The Morgan fingerprint density at radius 3 is 2.85 bits per heavy atom. The molecule has 0 spiro atoms. The van der Waals surface area contributed by atoms with Gasteiger partial charge in [-0.3, -0.25) is 10.1 Å². The summed E-state index contributed by atoms with van der Waals surface area (Å²) in [5.74, 6) is 1.35. The Bertz CT molecular complexity index is 1860. The molecule has 2 N–H and O–H groups in total. The molecule has 0 bridgehead atoms. The number of imidazole rings is 1. The molecule has 0 unspecified atom stereocenters. The number of tetrazole rings is 1. The Balaban J connectivity index is 1.17. The molecule has 39 heavy (non-hydrogen) atoms. The average Bonchev–Trinajstić information content (AvgIpc) is 3.28. The molecule has 5 heterocycles. The first-order valence-corrected chi connectivity index (χ1v) is 12.8. The van der Waals surface area contributed by atoms with Gasteiger partial charge < -0.3 is 14.3 Å². The Hall–Kier alpha value is -4.77. The van der Waals surface area contributed by atoms with Crippen molar-refractivity contribution < 1.29 is 9.53 Å². The van der Waals surface area contributed by atoms with E-state index in [0.717, 1.165) is 57.3 Å². The molecule has 1 fully saturated rings. The number of amides is 1. The average molecular weight is 539 g/mol. The van der Waals surface area contributed by atoms with Crippen molar-refractivity contribution in [3.05, 3.63) is 93.5 Å². The van der Waals surface area contributed by atoms with Gasteiger partial charge in [-0.1, -0.05) is 17.7 Å². The zero-order valence-corrected chi connectivity index (χ0v) is 21.0. The number of aromatic nitrogens is 7. The lowest BCUT2D eigenvalue weighted by molar-refractivity contribution is 0.151. The van der Waals surface area contributed by atoms with Crippen molar-refractivity contribution in [3.63, 3.8) is 0 Å². The van der Waals surface area contributed by atoms with Crippen molar-refractivity contribution >= 4 is 23.4 Å². The highest BCUT2D eigenvalue weighted by Gasteiger charge is 2.54. The fourth-order valence-corrected chi connectivity index (χ4v) is 6.07. The molecule has 2 aliphatic heterocycles. The van der Waals surface area contributed by atoms with Crippen molar-refractivity contribution in [2.24, 2.45) is 5.92 Å². The summed E-state index contributed by atoms with van der Waals surface area (Å²) >= 11 is 6.34. The molecule has 3 aromatic heterocycles. The van der Waals surface area contributed by atoms with Crippen LogP contribution in [0.5, 0.6) is 0 Å². The fourth-order valence-electron chi connectivity index (χ4n) is 5.90. The van der Waals surface area contributed by atoms with Gasteiger partial charge in [0, 0.05) is 39.4 Å². The molecule has 0 saturated heterocycles. The van der Waals surface area contributed by atoms with Crippen LogP contribution in [0.4, 0.5) is 10.5 Å². The first-order valence-electron chi connectivity index (χ1n) is 12.5. The largest absolute Gasteiger partial charge is 0.444 e. The maximum atomic E-state index is 13.6. The predicted molar refractivity (Wildman–Crippen MR) is 141 cm³/mol. The van der Waals surface area contributed by atoms with E-state index in [-0.39, 0.29) is 24.1 Å². The summed E-state index contributed by atoms with van der Waals surface area (Å²) in [6, 6.07) is 14.8. The van der Waals surface area contributed by atoms with E-state index < -0.39 is 6.09 Å². The van der Waals surface area contributed by atoms with Crippen LogP contribution in [-0.4, -0.2) is 40.8 Å². The van der Waals surface area contributed by atoms with Crippen molar-refractivity contribution in [2.45, 2.75) is 25.0 Å². The van der Waals surface area contributed by atoms with Gasteiger partial charge in [0.2, 0.25) is 0 Å². The lowest BCUT2D eigenvalue weighted by Crippen LogP contribution is -2.26. The van der Waals surface area contributed by atoms with Gasteiger partial charge in [-0.05, 0) is 64.7 Å². The number of cyclic esters (lactones) is 1. The number of nitrogens with zero attached hydrogens (tertiary/aromatic N) is 6. The lowest BCUT2D eigenvalue weighted by Gasteiger charge is -2.18. The molecule has 11 nitrogen and oxygen atoms in total. The van der Waals surface area contributed by atoms with Crippen molar-refractivity contribution in [3.8, 4) is 28.1 Å². The summed E-state index contributed by atoms with van der Waals surface area (Å²) in [7, 11) is 0. The van der Waals surface area contributed by atoms with Crippen LogP contribution in [0.25, 0.3) is 28.1 Å². The van der Waals surface area contributed by atoms with E-state index in [9.17, 15) is 9.59 Å². The molecule has 5 aromatic rings. The van der Waals surface area contributed by atoms with Crippen molar-refractivity contribution in [1.29, 1.82) is 0 Å². The Labute approximate surface area is 225 Å². The van der Waals surface area contributed by atoms with E-state index in [1.807, 2.05) is 34.9 Å². The van der Waals surface area contributed by atoms with Crippen LogP contribution in [0.15, 0.2) is 65.8 Å². The number of hydrogen-bond donors (Lipinski definition) is 2. The van der Waals surface area contributed by atoms with Crippen LogP contribution in [0.3, 0.4) is 0 Å². The van der Waals surface area contributed by atoms with E-state index in [2.05, 4.69) is 31.9 Å². The number of rotatable bonds is 4. The van der Waals surface area contributed by atoms with E-state index in [4.69, 9.17) is 21.3 Å². The molecule has 1 aliphatic carbocycles. The highest BCUT2D eigenvalue weighted by molar-refractivity contribution is 6.31. The first-order chi connectivity index (χ1) is 19.0. The van der Waals surface area contributed by atoms with Crippen LogP contribution in [0, 0.1) is 5.92 Å². The molecule has 12 heteroatoms. The number of ether oxygens (including phenoxy) is 1. The van der Waals surface area contributed by atoms with Gasteiger partial charge in [0.05, 0.1) is 29.3 Å². The number of pyridine rings is 1. The minimum Gasteiger partial charge on any atom is -0.444 e. The van der Waals surface area contributed by atoms with Crippen LogP contribution in [-0.2, 0) is 11.3 Å². The summed E-state index contributed by atoms with van der Waals surface area (Å²) in [5.41, 5.74) is 6.59. The normalized spacial score (nSPS) is 20.5. The zero-order valence-electron chi connectivity index (χ0n) is 20.2. The van der Waals surface area contributed by atoms with Crippen molar-refractivity contribution in [1.82, 2.24) is 34.7 Å². The SMILES string of the molecule is O=C1Nc2ccc(-c3cnc([C@@H]4[C@H]5C[C@H]5c5cc(-c6cc(Cl)ccc6-n6cnnn6)cc(=O)n54)[nH]3)cc2CO1. The van der Waals surface area contributed by atoms with E-state index in [1.54, 1.807) is 23.0 Å². The van der Waals surface area contributed by atoms with Crippen LogP contribution in [0.2, 0.25) is 5.02 Å². The number of nitrogens with one attached hydrogen (secondary N) is 2. The van der Waals surface area contributed by atoms with Crippen LogP contribution < -0.4 is 10.9 Å². The molecule has 1 saturated carbocycles. The van der Waals surface area contributed by atoms with Crippen LogP contribution in [0.1, 0.15) is 35.5 Å². The molecule has 2 aromatic carbocycles. The third-order valence-corrected chi connectivity index (χ3v) is 7.99. The Morgan fingerprint density at radius 1 is 1.05 bits per heavy atom. The summed E-state index contributed by atoms with van der Waals surface area (Å²) in [6.07, 6.45) is 3.85. The van der Waals surface area contributed by atoms with E-state index in [0.29, 0.717) is 10.9 Å². The highest BCUT2D eigenvalue weighted by Crippen LogP contribution is 2.60. The number of benzene rings is 2. The van der Waals surface area contributed by atoms with Gasteiger partial charge in [-0.25, -0.2) is 9.78 Å². The number of H-pyrrole nitrogens is 1. The smallest absolute Gasteiger partial charge is 0.411 e. The van der Waals surface area contributed by atoms with E-state index in [1.165, 1.54) is 6.33 Å². The molecular formula is C27H19ClN8O3. The zero-order chi connectivity index (χ0) is 26.2. The molecular weight excluding hydrogens is 520 g/mol. The minimum atomic E-state index is -0.450. The quantitative estimate of drug-likeness (QED) is 0.348. The van der Waals surface area contributed by atoms with Crippen molar-refractivity contribution in [2.75, 3.05) is 5.32 Å². The molecule has 0 radical (unpaired) electrons. The van der Waals surface area contributed by atoms with Gasteiger partial charge >= 0.3 is 6.09 Å². The fraction of sp³-hybridized carbons (Fsp3) is 0.185. The minimum absolute atomic E-state index is 0.0954. The number of halogens is 1. The summed E-state index contributed by atoms with van der Waals surface area (Å²) in [6.45, 7) is 0.218. The van der Waals surface area contributed by atoms with Gasteiger partial charge in [-0.2, -0.15) is 4.68 Å². The first kappa shape index (κ1) is 22.2. The molecule has 192 valence electrons. The monoisotopic (exact) mass is 538 g/mol. The van der Waals surface area contributed by atoms with Gasteiger partial charge in [0.15, 0.2) is 0 Å². The number of carbonyl (C=O) groups is 1. The second kappa shape index (κ2) is 8.11. The Kier molecular flexibility index (Phi) is 4.63. The third kappa shape index (κ3) is 3.50. The second-order valence-electron chi connectivity index (χ2n) is 10.00. The molecule has 3 atom stereocenters. The van der Waals surface area contributed by atoms with Gasteiger partial charge in [-0.15, -0.1) is 5.10 Å². The van der Waals surface area contributed by atoms with Gasteiger partial charge in [0.1, 0.15) is 18.8 Å². The topological polar surface area (TPSA) is 133 Å². The molecule has 3 aliphatic rings. The Morgan fingerprint density at radius 2 is 1.97 bits per heavy atom. The predicted octanol–water partition coefficient (Wildman–Crippen LogP) is 4.30. The molecule has 8 rings (SSSR count). The van der Waals surface area contributed by atoms with Gasteiger partial charge in [0.25, 0.3) is 5.56 Å². The third-order valence-electron chi connectivity index (χ3n) is 7.75. The van der Waals surface area contributed by atoms with E-state index >= 15 is 0 Å². The number of carbonyl (C=O) groups excluding carboxylic acids is 1. The number of hydrogen-bond acceptors (Lipinski definition) is 7. The summed E-state index contributed by atoms with van der Waals surface area (Å²) < 4.78 is 8.52. The summed E-state index contributed by atoms with van der Waals surface area (Å²) in [4.78, 5) is 33.2. The maximum absolute atomic E-state index is 13.6. The maximum Gasteiger partial charge on any atom is 0.411 e. The lowest BCUT2D eigenvalue weighted by atomic mass is 10.0. The standard InChI is InChI=1S/C27H19ClN8O3/c28-16-2-4-22(35-12-30-33-34-35)17(8-16)14-6-23-18-9-19(18)25(36(23)24(37)7-14)26-29-10-21(31-26)13-1-3-20-15(5-13)11-39-27(38)32-20/h1-8,10,12,18-19,25H,9,11H2,(H,29,31)(H,32,38)/t18-,19+,25+/m1/s1. The highest BCUT2D eigenvalue weighted by atomic mass is 35.5. The second-order valence-corrected chi connectivity index (χ2v) is 10.4. The van der Waals surface area contributed by atoms with Crippen LogP contribution >= 0.6 is 11.6 Å². The number of anilines is 1. The summed E-state index contributed by atoms with van der Waals surface area (Å²) in [5, 5.41) is 14.8.